The SMILES string of the molecule is N#CSCc1nc2c(S(=O)(=O)O)cccc2s1. The monoisotopic (exact) mass is 286 g/mol. The first kappa shape index (κ1) is 12.3. The molecule has 8 heteroatoms. The van der Waals surface area contributed by atoms with Crippen molar-refractivity contribution in [3.63, 3.8) is 0 Å². The van der Waals surface area contributed by atoms with Crippen LogP contribution in [0.2, 0.25) is 0 Å². The summed E-state index contributed by atoms with van der Waals surface area (Å²) in [6, 6.07) is 4.58. The van der Waals surface area contributed by atoms with Gasteiger partial charge in [-0.2, -0.15) is 13.7 Å². The lowest BCUT2D eigenvalue weighted by Crippen LogP contribution is -1.98. The van der Waals surface area contributed by atoms with Crippen LogP contribution >= 0.6 is 23.1 Å². The minimum atomic E-state index is -4.26. The van der Waals surface area contributed by atoms with E-state index in [1.807, 2.05) is 5.40 Å². The first-order valence-electron chi connectivity index (χ1n) is 4.39. The molecule has 5 nitrogen and oxygen atoms in total. The molecule has 2 rings (SSSR count). The average Bonchev–Trinajstić information content (AvgIpc) is 2.66. The summed E-state index contributed by atoms with van der Waals surface area (Å²) in [4.78, 5) is 3.93. The molecule has 0 aliphatic rings. The lowest BCUT2D eigenvalue weighted by Gasteiger charge is -1.96. The van der Waals surface area contributed by atoms with Crippen molar-refractivity contribution in [2.75, 3.05) is 0 Å². The van der Waals surface area contributed by atoms with Crippen LogP contribution in [0, 0.1) is 10.7 Å². The van der Waals surface area contributed by atoms with Crippen LogP contribution in [0.4, 0.5) is 0 Å². The zero-order chi connectivity index (χ0) is 12.5. The van der Waals surface area contributed by atoms with Gasteiger partial charge in [-0.3, -0.25) is 4.55 Å². The predicted octanol–water partition coefficient (Wildman–Crippen LogP) is 2.26. The van der Waals surface area contributed by atoms with E-state index in [9.17, 15) is 8.42 Å². The number of rotatable bonds is 3. The van der Waals surface area contributed by atoms with E-state index < -0.39 is 10.1 Å². The van der Waals surface area contributed by atoms with Crippen molar-refractivity contribution in [3.8, 4) is 5.40 Å². The van der Waals surface area contributed by atoms with Crippen molar-refractivity contribution in [3.05, 3.63) is 23.2 Å². The summed E-state index contributed by atoms with van der Waals surface area (Å²) < 4.78 is 32.0. The molecule has 88 valence electrons. The highest BCUT2D eigenvalue weighted by Gasteiger charge is 2.17. The third-order valence-corrected chi connectivity index (χ3v) is 4.60. The number of hydrogen-bond acceptors (Lipinski definition) is 6. The molecule has 0 unspecified atom stereocenters. The van der Waals surface area contributed by atoms with E-state index in [-0.39, 0.29) is 10.4 Å². The molecule has 0 saturated carbocycles. The van der Waals surface area contributed by atoms with Gasteiger partial charge in [0, 0.05) is 0 Å². The second-order valence-corrected chi connectivity index (χ2v) is 6.33. The molecular formula is C9H6N2O3S3. The summed E-state index contributed by atoms with van der Waals surface area (Å²) in [7, 11) is -4.26. The van der Waals surface area contributed by atoms with Gasteiger partial charge in [-0.25, -0.2) is 4.98 Å². The quantitative estimate of drug-likeness (QED) is 0.687. The maximum absolute atomic E-state index is 11.1. The number of hydrogen-bond donors (Lipinski definition) is 1. The lowest BCUT2D eigenvalue weighted by atomic mass is 10.3. The number of fused-ring (bicyclic) bond motifs is 1. The van der Waals surface area contributed by atoms with E-state index in [2.05, 4.69) is 4.98 Å². The molecule has 1 heterocycles. The van der Waals surface area contributed by atoms with Crippen molar-refractivity contribution in [2.45, 2.75) is 10.6 Å². The van der Waals surface area contributed by atoms with Crippen LogP contribution in [-0.2, 0) is 15.9 Å². The first-order chi connectivity index (χ1) is 8.02. The summed E-state index contributed by atoms with van der Waals surface area (Å²) >= 11 is 2.34. The molecule has 0 atom stereocenters. The zero-order valence-electron chi connectivity index (χ0n) is 8.32. The van der Waals surface area contributed by atoms with Crippen molar-refractivity contribution in [1.82, 2.24) is 4.98 Å². The summed E-state index contributed by atoms with van der Waals surface area (Å²) in [5, 5.41) is 11.0. The molecule has 17 heavy (non-hydrogen) atoms. The van der Waals surface area contributed by atoms with Crippen LogP contribution in [0.3, 0.4) is 0 Å². The van der Waals surface area contributed by atoms with Gasteiger partial charge < -0.3 is 0 Å². The normalized spacial score (nSPS) is 11.5. The second kappa shape index (κ2) is 4.62. The van der Waals surface area contributed by atoms with E-state index >= 15 is 0 Å². The molecule has 0 aliphatic heterocycles. The Morgan fingerprint density at radius 2 is 2.29 bits per heavy atom. The molecule has 2 aromatic rings. The molecular weight excluding hydrogens is 280 g/mol. The Kier molecular flexibility index (Phi) is 3.35. The number of nitriles is 1. The minimum absolute atomic E-state index is 0.195. The van der Waals surface area contributed by atoms with Gasteiger partial charge in [0.15, 0.2) is 0 Å². The molecule has 1 N–H and O–H groups in total. The fourth-order valence-electron chi connectivity index (χ4n) is 1.33. The Labute approximate surface area is 106 Å². The molecule has 0 aliphatic carbocycles. The molecule has 0 spiro atoms. The van der Waals surface area contributed by atoms with Crippen molar-refractivity contribution >= 4 is 43.4 Å². The van der Waals surface area contributed by atoms with Crippen LogP contribution in [-0.4, -0.2) is 18.0 Å². The van der Waals surface area contributed by atoms with E-state index in [1.54, 1.807) is 12.1 Å². The molecule has 0 bridgehead atoms. The van der Waals surface area contributed by atoms with Crippen LogP contribution in [0.5, 0.6) is 0 Å². The third kappa shape index (κ3) is 2.58. The van der Waals surface area contributed by atoms with Crippen molar-refractivity contribution in [1.29, 1.82) is 5.26 Å². The van der Waals surface area contributed by atoms with Crippen LogP contribution in [0.25, 0.3) is 10.2 Å². The highest BCUT2D eigenvalue weighted by Crippen LogP contribution is 2.29. The summed E-state index contributed by atoms with van der Waals surface area (Å²) in [6.07, 6.45) is 0. The number of thiazole rings is 1. The number of aromatic nitrogens is 1. The summed E-state index contributed by atoms with van der Waals surface area (Å²) in [5.41, 5.74) is 0.258. The van der Waals surface area contributed by atoms with E-state index in [0.29, 0.717) is 15.5 Å². The van der Waals surface area contributed by atoms with E-state index in [4.69, 9.17) is 9.81 Å². The Hall–Kier alpha value is -1.14. The Balaban J connectivity index is 2.58. The third-order valence-electron chi connectivity index (χ3n) is 1.96. The standard InChI is InChI=1S/C9H6N2O3S3/c10-5-15-4-8-11-9-6(16-8)2-1-3-7(9)17(12,13)14/h1-3H,4H2,(H,12,13,14). The predicted molar refractivity (Wildman–Crippen MR) is 66.3 cm³/mol. The maximum Gasteiger partial charge on any atom is 0.296 e. The zero-order valence-corrected chi connectivity index (χ0v) is 10.8. The van der Waals surface area contributed by atoms with Gasteiger partial charge in [-0.1, -0.05) is 6.07 Å². The van der Waals surface area contributed by atoms with Gasteiger partial charge in [-0.15, -0.1) is 11.3 Å². The maximum atomic E-state index is 11.1. The molecule has 1 aromatic carbocycles. The number of thiocyanates is 1. The fraction of sp³-hybridized carbons (Fsp3) is 0.111. The van der Waals surface area contributed by atoms with Crippen LogP contribution in [0.15, 0.2) is 23.1 Å². The van der Waals surface area contributed by atoms with E-state index in [0.717, 1.165) is 11.8 Å². The fourth-order valence-corrected chi connectivity index (χ4v) is 3.50. The Bertz CT molecular complexity index is 700. The Morgan fingerprint density at radius 3 is 2.94 bits per heavy atom. The van der Waals surface area contributed by atoms with Gasteiger partial charge in [0.2, 0.25) is 0 Å². The summed E-state index contributed by atoms with van der Waals surface area (Å²) in [5.74, 6) is 0.404. The molecule has 0 fully saturated rings. The van der Waals surface area contributed by atoms with Gasteiger partial charge in [0.25, 0.3) is 10.1 Å². The average molecular weight is 286 g/mol. The smallest absolute Gasteiger partial charge is 0.282 e. The number of benzene rings is 1. The van der Waals surface area contributed by atoms with E-state index in [1.165, 1.54) is 17.4 Å². The van der Waals surface area contributed by atoms with Crippen molar-refractivity contribution in [2.24, 2.45) is 0 Å². The molecule has 0 amide bonds. The number of nitrogens with zero attached hydrogens (tertiary/aromatic N) is 2. The van der Waals surface area contributed by atoms with Gasteiger partial charge in [0.05, 0.1) is 10.5 Å². The largest absolute Gasteiger partial charge is 0.296 e. The topological polar surface area (TPSA) is 91.0 Å². The highest BCUT2D eigenvalue weighted by atomic mass is 32.2. The summed E-state index contributed by atoms with van der Waals surface area (Å²) in [6.45, 7) is 0. The highest BCUT2D eigenvalue weighted by molar-refractivity contribution is 8.03. The van der Waals surface area contributed by atoms with Gasteiger partial charge in [-0.05, 0) is 23.9 Å². The minimum Gasteiger partial charge on any atom is -0.282 e. The second-order valence-electron chi connectivity index (χ2n) is 3.07. The number of thioether (sulfide) groups is 1. The van der Waals surface area contributed by atoms with Crippen molar-refractivity contribution < 1.29 is 13.0 Å². The molecule has 1 aromatic heterocycles. The van der Waals surface area contributed by atoms with Crippen LogP contribution in [0.1, 0.15) is 5.01 Å². The molecule has 0 saturated heterocycles. The lowest BCUT2D eigenvalue weighted by molar-refractivity contribution is 0.484. The first-order valence-corrected chi connectivity index (χ1v) is 7.63. The Morgan fingerprint density at radius 1 is 1.53 bits per heavy atom. The number of para-hydroxylation sites is 1. The van der Waals surface area contributed by atoms with Gasteiger partial charge in [0.1, 0.15) is 20.8 Å². The molecule has 0 radical (unpaired) electrons. The van der Waals surface area contributed by atoms with Gasteiger partial charge >= 0.3 is 0 Å². The van der Waals surface area contributed by atoms with Crippen LogP contribution < -0.4 is 0 Å².